The molecule has 1 aromatic rings. The molecule has 1 saturated carbocycles. The van der Waals surface area contributed by atoms with Gasteiger partial charge in [-0.3, -0.25) is 9.59 Å². The molecule has 1 aromatic heterocycles. The van der Waals surface area contributed by atoms with Gasteiger partial charge in [-0.15, -0.1) is 0 Å². The van der Waals surface area contributed by atoms with Crippen LogP contribution in [0.1, 0.15) is 49.0 Å². The van der Waals surface area contributed by atoms with Gasteiger partial charge in [-0.05, 0) is 18.3 Å². The molecule has 0 atom stereocenters. The molecule has 1 fully saturated rings. The van der Waals surface area contributed by atoms with Crippen LogP contribution in [0, 0.1) is 5.41 Å². The average Bonchev–Trinajstić information content (AvgIpc) is 2.83. The summed E-state index contributed by atoms with van der Waals surface area (Å²) in [6, 6.07) is 0. The van der Waals surface area contributed by atoms with Crippen molar-refractivity contribution in [2.75, 3.05) is 6.54 Å². The van der Waals surface area contributed by atoms with Crippen molar-refractivity contribution in [1.82, 2.24) is 14.9 Å². The Labute approximate surface area is 118 Å². The lowest BCUT2D eigenvalue weighted by atomic mass is 9.71. The van der Waals surface area contributed by atoms with Crippen molar-refractivity contribution in [2.45, 2.75) is 38.5 Å². The number of nitrogens with one attached hydrogen (secondary N) is 1. The first-order valence-corrected chi connectivity index (χ1v) is 6.99. The minimum Gasteiger partial charge on any atom is -0.481 e. The molecule has 0 bridgehead atoms. The zero-order valence-electron chi connectivity index (χ0n) is 11.8. The second kappa shape index (κ2) is 6.07. The van der Waals surface area contributed by atoms with E-state index in [0.717, 1.165) is 32.1 Å². The van der Waals surface area contributed by atoms with E-state index >= 15 is 0 Å². The second-order valence-electron chi connectivity index (χ2n) is 5.74. The largest absolute Gasteiger partial charge is 0.481 e. The summed E-state index contributed by atoms with van der Waals surface area (Å²) in [5.74, 6) is -1.03. The molecule has 0 aliphatic heterocycles. The third-order valence-corrected chi connectivity index (χ3v) is 4.00. The van der Waals surface area contributed by atoms with E-state index in [4.69, 9.17) is 5.11 Å². The Balaban J connectivity index is 1.97. The lowest BCUT2D eigenvalue weighted by molar-refractivity contribution is -0.140. The summed E-state index contributed by atoms with van der Waals surface area (Å²) in [5, 5.41) is 11.9. The van der Waals surface area contributed by atoms with Gasteiger partial charge in [0.05, 0.1) is 12.7 Å². The topological polar surface area (TPSA) is 84.2 Å². The molecular formula is C14H21N3O3. The number of aromatic nitrogens is 2. The third kappa shape index (κ3) is 3.59. The van der Waals surface area contributed by atoms with E-state index in [1.807, 2.05) is 0 Å². The van der Waals surface area contributed by atoms with Crippen molar-refractivity contribution in [3.05, 3.63) is 18.2 Å². The lowest BCUT2D eigenvalue weighted by Gasteiger charge is -2.36. The van der Waals surface area contributed by atoms with Crippen LogP contribution in [-0.4, -0.2) is 33.1 Å². The van der Waals surface area contributed by atoms with Crippen LogP contribution >= 0.6 is 0 Å². The summed E-state index contributed by atoms with van der Waals surface area (Å²) < 4.78 is 1.71. The molecule has 1 amide bonds. The molecule has 1 aliphatic rings. The zero-order chi connectivity index (χ0) is 14.6. The normalized spacial score (nSPS) is 17.6. The maximum Gasteiger partial charge on any atom is 0.303 e. The highest BCUT2D eigenvalue weighted by molar-refractivity contribution is 5.92. The number of imidazole rings is 1. The van der Waals surface area contributed by atoms with Crippen molar-refractivity contribution >= 4 is 11.9 Å². The van der Waals surface area contributed by atoms with Gasteiger partial charge in [-0.2, -0.15) is 0 Å². The summed E-state index contributed by atoms with van der Waals surface area (Å²) in [4.78, 5) is 27.1. The standard InChI is InChI=1S/C14H21N3O3/c1-17-8-11(16-10-17)13(20)15-9-14(7-12(18)19)5-3-2-4-6-14/h8,10H,2-7,9H2,1H3,(H,15,20)(H,18,19). The molecule has 2 N–H and O–H groups in total. The van der Waals surface area contributed by atoms with E-state index in [1.54, 1.807) is 24.1 Å². The van der Waals surface area contributed by atoms with Gasteiger partial charge in [-0.1, -0.05) is 19.3 Å². The predicted octanol–water partition coefficient (Wildman–Crippen LogP) is 1.58. The summed E-state index contributed by atoms with van der Waals surface area (Å²) in [6.07, 6.45) is 8.29. The Hall–Kier alpha value is -1.85. The summed E-state index contributed by atoms with van der Waals surface area (Å²) >= 11 is 0. The van der Waals surface area contributed by atoms with Crippen LogP contribution in [0.15, 0.2) is 12.5 Å². The molecule has 6 heteroatoms. The number of hydrogen-bond acceptors (Lipinski definition) is 3. The maximum absolute atomic E-state index is 12.0. The van der Waals surface area contributed by atoms with Crippen LogP contribution in [0.3, 0.4) is 0 Å². The Morgan fingerprint density at radius 3 is 2.65 bits per heavy atom. The maximum atomic E-state index is 12.0. The second-order valence-corrected chi connectivity index (χ2v) is 5.74. The zero-order valence-corrected chi connectivity index (χ0v) is 11.8. The van der Waals surface area contributed by atoms with Crippen LogP contribution in [0.5, 0.6) is 0 Å². The van der Waals surface area contributed by atoms with Gasteiger partial charge < -0.3 is 15.0 Å². The van der Waals surface area contributed by atoms with E-state index in [9.17, 15) is 9.59 Å². The Morgan fingerprint density at radius 1 is 1.40 bits per heavy atom. The monoisotopic (exact) mass is 279 g/mol. The molecule has 110 valence electrons. The summed E-state index contributed by atoms with van der Waals surface area (Å²) in [6.45, 7) is 0.411. The van der Waals surface area contributed by atoms with Gasteiger partial charge in [-0.25, -0.2) is 4.98 Å². The molecule has 0 saturated heterocycles. The van der Waals surface area contributed by atoms with Gasteiger partial charge in [0, 0.05) is 19.8 Å². The number of amides is 1. The van der Waals surface area contributed by atoms with Gasteiger partial charge in [0.15, 0.2) is 0 Å². The molecule has 0 aromatic carbocycles. The first kappa shape index (κ1) is 14.6. The minimum absolute atomic E-state index is 0.121. The lowest BCUT2D eigenvalue weighted by Crippen LogP contribution is -2.40. The SMILES string of the molecule is Cn1cnc(C(=O)NCC2(CC(=O)O)CCCCC2)c1. The number of aliphatic carboxylic acids is 1. The predicted molar refractivity (Wildman–Crippen MR) is 73.3 cm³/mol. The number of carboxylic acid groups (broad SMARTS) is 1. The minimum atomic E-state index is -0.793. The molecular weight excluding hydrogens is 258 g/mol. The number of nitrogens with zero attached hydrogens (tertiary/aromatic N) is 2. The van der Waals surface area contributed by atoms with Crippen LogP contribution < -0.4 is 5.32 Å². The Kier molecular flexibility index (Phi) is 4.42. The highest BCUT2D eigenvalue weighted by Gasteiger charge is 2.34. The molecule has 0 radical (unpaired) electrons. The van der Waals surface area contributed by atoms with Gasteiger partial charge in [0.25, 0.3) is 5.91 Å². The van der Waals surface area contributed by atoms with Crippen molar-refractivity contribution < 1.29 is 14.7 Å². The number of hydrogen-bond donors (Lipinski definition) is 2. The number of carbonyl (C=O) groups excluding carboxylic acids is 1. The van der Waals surface area contributed by atoms with E-state index in [0.29, 0.717) is 12.2 Å². The highest BCUT2D eigenvalue weighted by atomic mass is 16.4. The summed E-state index contributed by atoms with van der Waals surface area (Å²) in [5.41, 5.74) is 0.0721. The van der Waals surface area contributed by atoms with E-state index in [2.05, 4.69) is 10.3 Å². The van der Waals surface area contributed by atoms with Crippen molar-refractivity contribution in [2.24, 2.45) is 12.5 Å². The van der Waals surface area contributed by atoms with Crippen LogP contribution in [0.25, 0.3) is 0 Å². The first-order chi connectivity index (χ1) is 9.51. The Morgan fingerprint density at radius 2 is 2.10 bits per heavy atom. The third-order valence-electron chi connectivity index (χ3n) is 4.00. The Bertz CT molecular complexity index is 490. The van der Waals surface area contributed by atoms with E-state index < -0.39 is 5.97 Å². The van der Waals surface area contributed by atoms with Gasteiger partial charge >= 0.3 is 5.97 Å². The van der Waals surface area contributed by atoms with Gasteiger partial charge in [0.2, 0.25) is 0 Å². The molecule has 1 heterocycles. The average molecular weight is 279 g/mol. The van der Waals surface area contributed by atoms with E-state index in [1.165, 1.54) is 0 Å². The number of carbonyl (C=O) groups is 2. The quantitative estimate of drug-likeness (QED) is 0.857. The molecule has 20 heavy (non-hydrogen) atoms. The van der Waals surface area contributed by atoms with Crippen molar-refractivity contribution in [1.29, 1.82) is 0 Å². The van der Waals surface area contributed by atoms with Crippen molar-refractivity contribution in [3.63, 3.8) is 0 Å². The smallest absolute Gasteiger partial charge is 0.303 e. The van der Waals surface area contributed by atoms with Crippen LogP contribution in [0.4, 0.5) is 0 Å². The molecule has 0 unspecified atom stereocenters. The molecule has 6 nitrogen and oxygen atoms in total. The molecule has 2 rings (SSSR count). The van der Waals surface area contributed by atoms with Crippen LogP contribution in [-0.2, 0) is 11.8 Å². The first-order valence-electron chi connectivity index (χ1n) is 6.99. The highest BCUT2D eigenvalue weighted by Crippen LogP contribution is 2.38. The fourth-order valence-corrected chi connectivity index (χ4v) is 2.93. The number of aryl methyl sites for hydroxylation is 1. The fraction of sp³-hybridized carbons (Fsp3) is 0.643. The van der Waals surface area contributed by atoms with Crippen LogP contribution in [0.2, 0.25) is 0 Å². The number of rotatable bonds is 5. The van der Waals surface area contributed by atoms with E-state index in [-0.39, 0.29) is 17.7 Å². The molecule has 1 aliphatic carbocycles. The van der Waals surface area contributed by atoms with Crippen molar-refractivity contribution in [3.8, 4) is 0 Å². The number of carboxylic acids is 1. The summed E-state index contributed by atoms with van der Waals surface area (Å²) in [7, 11) is 1.80. The van der Waals surface area contributed by atoms with Gasteiger partial charge in [0.1, 0.15) is 5.69 Å². The fourth-order valence-electron chi connectivity index (χ4n) is 2.93. The molecule has 0 spiro atoms.